The van der Waals surface area contributed by atoms with Crippen molar-refractivity contribution in [1.29, 1.82) is 0 Å². The van der Waals surface area contributed by atoms with Gasteiger partial charge in [0.25, 0.3) is 0 Å². The summed E-state index contributed by atoms with van der Waals surface area (Å²) in [6.07, 6.45) is 3.75. The zero-order chi connectivity index (χ0) is 17.8. The third-order valence-corrected chi connectivity index (χ3v) is 4.40. The number of rotatable bonds is 5. The molecule has 3 rings (SSSR count). The molecule has 5 nitrogen and oxygen atoms in total. The Hall–Kier alpha value is -2.54. The highest BCUT2D eigenvalue weighted by molar-refractivity contribution is 9.10. The number of carbonyl (C=O) groups is 1. The Morgan fingerprint density at radius 3 is 2.84 bits per heavy atom. The van der Waals surface area contributed by atoms with Crippen molar-refractivity contribution < 1.29 is 13.9 Å². The Morgan fingerprint density at radius 2 is 2.16 bits per heavy atom. The van der Waals surface area contributed by atoms with Crippen LogP contribution in [-0.4, -0.2) is 20.7 Å². The summed E-state index contributed by atoms with van der Waals surface area (Å²) >= 11 is 3.26. The first-order valence-electron chi connectivity index (χ1n) is 7.69. The Balaban J connectivity index is 1.79. The highest BCUT2D eigenvalue weighted by atomic mass is 79.9. The summed E-state index contributed by atoms with van der Waals surface area (Å²) in [6.45, 7) is 1.97. The highest BCUT2D eigenvalue weighted by Gasteiger charge is 2.19. The maximum Gasteiger partial charge on any atom is 0.341 e. The number of pyridine rings is 1. The molecule has 0 N–H and O–H groups in total. The second-order valence-corrected chi connectivity index (χ2v) is 6.12. The predicted octanol–water partition coefficient (Wildman–Crippen LogP) is 4.09. The molecule has 0 amide bonds. The molecule has 0 unspecified atom stereocenters. The van der Waals surface area contributed by atoms with Gasteiger partial charge in [-0.15, -0.1) is 0 Å². The van der Waals surface area contributed by atoms with E-state index in [4.69, 9.17) is 4.74 Å². The van der Waals surface area contributed by atoms with Gasteiger partial charge in [0, 0.05) is 16.2 Å². The SMILES string of the molecule is CCc1c(C(=O)OCc2ccc(F)cc2Br)cnn1-c1ccccn1. The van der Waals surface area contributed by atoms with Crippen LogP contribution in [0.1, 0.15) is 28.5 Å². The molecule has 1 aromatic carbocycles. The van der Waals surface area contributed by atoms with E-state index in [1.54, 1.807) is 16.9 Å². The lowest BCUT2D eigenvalue weighted by atomic mass is 10.2. The smallest absolute Gasteiger partial charge is 0.341 e. The first-order valence-corrected chi connectivity index (χ1v) is 8.48. The Labute approximate surface area is 152 Å². The van der Waals surface area contributed by atoms with Crippen LogP contribution in [0.15, 0.2) is 53.3 Å². The molecule has 0 aliphatic heterocycles. The first-order chi connectivity index (χ1) is 12.1. The van der Waals surface area contributed by atoms with Gasteiger partial charge >= 0.3 is 5.97 Å². The van der Waals surface area contributed by atoms with Crippen LogP contribution in [0.5, 0.6) is 0 Å². The molecule has 0 aliphatic rings. The molecule has 0 saturated carbocycles. The monoisotopic (exact) mass is 403 g/mol. The van der Waals surface area contributed by atoms with E-state index in [0.29, 0.717) is 27.8 Å². The van der Waals surface area contributed by atoms with Crippen molar-refractivity contribution in [3.8, 4) is 5.82 Å². The molecule has 0 bridgehead atoms. The molecular weight excluding hydrogens is 389 g/mol. The normalized spacial score (nSPS) is 10.7. The Bertz CT molecular complexity index is 897. The van der Waals surface area contributed by atoms with E-state index in [1.165, 1.54) is 18.3 Å². The maximum atomic E-state index is 13.1. The Morgan fingerprint density at radius 1 is 1.32 bits per heavy atom. The first kappa shape index (κ1) is 17.3. The summed E-state index contributed by atoms with van der Waals surface area (Å²) < 4.78 is 20.7. The fourth-order valence-electron chi connectivity index (χ4n) is 2.42. The van der Waals surface area contributed by atoms with Gasteiger partial charge in [0.1, 0.15) is 18.0 Å². The molecule has 0 aliphatic carbocycles. The van der Waals surface area contributed by atoms with Crippen LogP contribution in [-0.2, 0) is 17.8 Å². The van der Waals surface area contributed by atoms with Crippen molar-refractivity contribution in [2.24, 2.45) is 0 Å². The van der Waals surface area contributed by atoms with E-state index in [9.17, 15) is 9.18 Å². The Kier molecular flexibility index (Phi) is 5.23. The molecule has 2 heterocycles. The highest BCUT2D eigenvalue weighted by Crippen LogP contribution is 2.20. The number of benzene rings is 1. The van der Waals surface area contributed by atoms with Gasteiger partial charge in [-0.25, -0.2) is 18.9 Å². The predicted molar refractivity (Wildman–Crippen MR) is 94.0 cm³/mol. The number of hydrogen-bond acceptors (Lipinski definition) is 4. The molecular formula is C18H15BrFN3O2. The molecule has 0 atom stereocenters. The minimum Gasteiger partial charge on any atom is -0.457 e. The number of nitrogens with zero attached hydrogens (tertiary/aromatic N) is 3. The maximum absolute atomic E-state index is 13.1. The minimum absolute atomic E-state index is 0.0393. The van der Waals surface area contributed by atoms with Gasteiger partial charge in [0.2, 0.25) is 0 Å². The lowest BCUT2D eigenvalue weighted by Gasteiger charge is -2.08. The van der Waals surface area contributed by atoms with Crippen LogP contribution < -0.4 is 0 Å². The molecule has 7 heteroatoms. The van der Waals surface area contributed by atoms with Gasteiger partial charge in [-0.3, -0.25) is 0 Å². The van der Waals surface area contributed by atoms with E-state index in [-0.39, 0.29) is 12.4 Å². The summed E-state index contributed by atoms with van der Waals surface area (Å²) in [7, 11) is 0. The molecule has 0 fully saturated rings. The number of carbonyl (C=O) groups excluding carboxylic acids is 1. The largest absolute Gasteiger partial charge is 0.457 e. The van der Waals surface area contributed by atoms with Crippen molar-refractivity contribution >= 4 is 21.9 Å². The van der Waals surface area contributed by atoms with Gasteiger partial charge in [0.15, 0.2) is 5.82 Å². The lowest BCUT2D eigenvalue weighted by molar-refractivity contribution is 0.0470. The second kappa shape index (κ2) is 7.57. The van der Waals surface area contributed by atoms with Crippen molar-refractivity contribution in [3.63, 3.8) is 0 Å². The summed E-state index contributed by atoms with van der Waals surface area (Å²) in [4.78, 5) is 16.7. The third kappa shape index (κ3) is 3.76. The van der Waals surface area contributed by atoms with Crippen LogP contribution in [0.25, 0.3) is 5.82 Å². The van der Waals surface area contributed by atoms with Crippen molar-refractivity contribution in [2.45, 2.75) is 20.0 Å². The molecule has 0 radical (unpaired) electrons. The van der Waals surface area contributed by atoms with E-state index in [0.717, 1.165) is 5.69 Å². The standard InChI is InChI=1S/C18H15BrFN3O2/c1-2-16-14(10-22-23(16)17-5-3-4-8-21-17)18(24)25-11-12-6-7-13(20)9-15(12)19/h3-10H,2,11H2,1H3. The minimum atomic E-state index is -0.477. The van der Waals surface area contributed by atoms with Gasteiger partial charge in [-0.1, -0.05) is 35.0 Å². The average Bonchev–Trinajstić information content (AvgIpc) is 3.05. The number of aromatic nitrogens is 3. The number of ether oxygens (including phenoxy) is 1. The zero-order valence-electron chi connectivity index (χ0n) is 13.4. The fraction of sp³-hybridized carbons (Fsp3) is 0.167. The summed E-state index contributed by atoms with van der Waals surface area (Å²) in [5.74, 6) is -0.193. The summed E-state index contributed by atoms with van der Waals surface area (Å²) in [6, 6.07) is 9.72. The van der Waals surface area contributed by atoms with Crippen molar-refractivity contribution in [3.05, 3.63) is 75.9 Å². The second-order valence-electron chi connectivity index (χ2n) is 5.27. The molecule has 2 aromatic heterocycles. The third-order valence-electron chi connectivity index (χ3n) is 3.66. The molecule has 25 heavy (non-hydrogen) atoms. The number of hydrogen-bond donors (Lipinski definition) is 0. The van der Waals surface area contributed by atoms with Gasteiger partial charge in [-0.2, -0.15) is 5.10 Å². The van der Waals surface area contributed by atoms with E-state index in [1.807, 2.05) is 25.1 Å². The van der Waals surface area contributed by atoms with Crippen LogP contribution in [0.3, 0.4) is 0 Å². The summed E-state index contributed by atoms with van der Waals surface area (Å²) in [5.41, 5.74) is 1.80. The van der Waals surface area contributed by atoms with E-state index in [2.05, 4.69) is 26.0 Å². The van der Waals surface area contributed by atoms with Crippen molar-refractivity contribution in [1.82, 2.24) is 14.8 Å². The van der Waals surface area contributed by atoms with Crippen LogP contribution in [0.2, 0.25) is 0 Å². The van der Waals surface area contributed by atoms with Gasteiger partial charge in [-0.05, 0) is 30.7 Å². The van der Waals surface area contributed by atoms with Crippen LogP contribution in [0.4, 0.5) is 4.39 Å². The van der Waals surface area contributed by atoms with Crippen LogP contribution >= 0.6 is 15.9 Å². The molecule has 0 spiro atoms. The molecule has 128 valence electrons. The zero-order valence-corrected chi connectivity index (χ0v) is 15.0. The summed E-state index contributed by atoms with van der Waals surface area (Å²) in [5, 5.41) is 4.26. The lowest BCUT2D eigenvalue weighted by Crippen LogP contribution is -2.10. The van der Waals surface area contributed by atoms with Gasteiger partial charge < -0.3 is 4.74 Å². The molecule has 3 aromatic rings. The average molecular weight is 404 g/mol. The van der Waals surface area contributed by atoms with E-state index >= 15 is 0 Å². The van der Waals surface area contributed by atoms with Crippen molar-refractivity contribution in [2.75, 3.05) is 0 Å². The quantitative estimate of drug-likeness (QED) is 0.602. The van der Waals surface area contributed by atoms with Gasteiger partial charge in [0.05, 0.1) is 11.9 Å². The number of esters is 1. The van der Waals surface area contributed by atoms with Crippen LogP contribution in [0, 0.1) is 5.82 Å². The number of halogens is 2. The topological polar surface area (TPSA) is 57.0 Å². The molecule has 0 saturated heterocycles. The fourth-order valence-corrected chi connectivity index (χ4v) is 2.89. The van der Waals surface area contributed by atoms with E-state index < -0.39 is 5.97 Å².